The van der Waals surface area contributed by atoms with E-state index in [4.69, 9.17) is 0 Å². The zero-order chi connectivity index (χ0) is 19.6. The molecule has 0 radical (unpaired) electrons. The summed E-state index contributed by atoms with van der Waals surface area (Å²) >= 11 is 0. The zero-order valence-electron chi connectivity index (χ0n) is 15.6. The van der Waals surface area contributed by atoms with E-state index < -0.39 is 0 Å². The van der Waals surface area contributed by atoms with Gasteiger partial charge >= 0.3 is 0 Å². The number of hydrogen-bond acceptors (Lipinski definition) is 5. The SMILES string of the molecule is O=C(NCc1ccc(-n2ccc(C3CC3)n2)cc1)c1ccc(-c2nn[nH]n2)cc1. The Balaban J connectivity index is 1.20. The quantitative estimate of drug-likeness (QED) is 0.531. The lowest BCUT2D eigenvalue weighted by molar-refractivity contribution is 0.0951. The van der Waals surface area contributed by atoms with Crippen LogP contribution in [0.2, 0.25) is 0 Å². The molecule has 29 heavy (non-hydrogen) atoms. The number of nitrogens with one attached hydrogen (secondary N) is 2. The van der Waals surface area contributed by atoms with Gasteiger partial charge in [0.05, 0.1) is 11.4 Å². The Bertz CT molecular complexity index is 1110. The monoisotopic (exact) mass is 385 g/mol. The van der Waals surface area contributed by atoms with Crippen LogP contribution in [0, 0.1) is 0 Å². The van der Waals surface area contributed by atoms with Gasteiger partial charge in [-0.2, -0.15) is 10.3 Å². The Hall–Kier alpha value is -3.81. The molecule has 1 saturated carbocycles. The van der Waals surface area contributed by atoms with Crippen molar-refractivity contribution in [2.24, 2.45) is 0 Å². The van der Waals surface area contributed by atoms with E-state index in [-0.39, 0.29) is 5.91 Å². The average Bonchev–Trinajstić information content (AvgIpc) is 3.26. The first-order chi connectivity index (χ1) is 14.3. The van der Waals surface area contributed by atoms with Crippen LogP contribution in [0.3, 0.4) is 0 Å². The molecule has 0 atom stereocenters. The Morgan fingerprint density at radius 1 is 1.07 bits per heavy atom. The molecule has 1 amide bonds. The van der Waals surface area contributed by atoms with Crippen molar-refractivity contribution in [1.29, 1.82) is 0 Å². The lowest BCUT2D eigenvalue weighted by atomic mass is 10.1. The second-order valence-corrected chi connectivity index (χ2v) is 7.12. The van der Waals surface area contributed by atoms with Crippen molar-refractivity contribution in [3.63, 3.8) is 0 Å². The molecular weight excluding hydrogens is 366 g/mol. The van der Waals surface area contributed by atoms with E-state index in [1.54, 1.807) is 24.3 Å². The van der Waals surface area contributed by atoms with Gasteiger partial charge in [0, 0.05) is 29.8 Å². The normalized spacial score (nSPS) is 13.4. The van der Waals surface area contributed by atoms with E-state index in [2.05, 4.69) is 37.1 Å². The number of rotatable bonds is 6. The van der Waals surface area contributed by atoms with Crippen LogP contribution in [0.15, 0.2) is 60.8 Å². The van der Waals surface area contributed by atoms with Gasteiger partial charge in [0.25, 0.3) is 5.91 Å². The molecule has 5 rings (SSSR count). The van der Waals surface area contributed by atoms with Gasteiger partial charge in [-0.1, -0.05) is 24.3 Å². The molecule has 0 unspecified atom stereocenters. The number of nitrogens with zero attached hydrogens (tertiary/aromatic N) is 5. The smallest absolute Gasteiger partial charge is 0.251 e. The second kappa shape index (κ2) is 7.31. The van der Waals surface area contributed by atoms with E-state index in [0.717, 1.165) is 16.8 Å². The Morgan fingerprint density at radius 3 is 2.55 bits per heavy atom. The van der Waals surface area contributed by atoms with Gasteiger partial charge in [-0.05, 0) is 54.0 Å². The van der Waals surface area contributed by atoms with Crippen molar-refractivity contribution in [3.8, 4) is 17.1 Å². The fourth-order valence-electron chi connectivity index (χ4n) is 3.18. The Morgan fingerprint density at radius 2 is 1.86 bits per heavy atom. The molecule has 2 heterocycles. The largest absolute Gasteiger partial charge is 0.348 e. The summed E-state index contributed by atoms with van der Waals surface area (Å²) in [6, 6.07) is 17.2. The maximum atomic E-state index is 12.4. The van der Waals surface area contributed by atoms with Crippen molar-refractivity contribution in [3.05, 3.63) is 77.6 Å². The van der Waals surface area contributed by atoms with Crippen LogP contribution < -0.4 is 5.32 Å². The maximum absolute atomic E-state index is 12.4. The highest BCUT2D eigenvalue weighted by Crippen LogP contribution is 2.39. The summed E-state index contributed by atoms with van der Waals surface area (Å²) in [4.78, 5) is 12.4. The standard InChI is InChI=1S/C21H19N7O/c29-21(17-7-5-16(6-8-17)20-23-26-27-24-20)22-13-14-1-9-18(10-2-14)28-12-11-19(25-28)15-3-4-15/h1-2,5-12,15H,3-4,13H2,(H,22,29)(H,23,24,26,27). The topological polar surface area (TPSA) is 101 Å². The molecule has 4 aromatic rings. The van der Waals surface area contributed by atoms with Crippen molar-refractivity contribution < 1.29 is 4.79 Å². The number of tetrazole rings is 1. The fourth-order valence-corrected chi connectivity index (χ4v) is 3.18. The molecule has 1 aliphatic carbocycles. The van der Waals surface area contributed by atoms with Crippen molar-refractivity contribution in [2.75, 3.05) is 0 Å². The van der Waals surface area contributed by atoms with Crippen LogP contribution in [0.1, 0.15) is 40.4 Å². The highest BCUT2D eigenvalue weighted by atomic mass is 16.1. The third-order valence-electron chi connectivity index (χ3n) is 5.01. The number of hydrogen-bond donors (Lipinski definition) is 2. The average molecular weight is 385 g/mol. The first-order valence-electron chi connectivity index (χ1n) is 9.53. The summed E-state index contributed by atoms with van der Waals surface area (Å²) in [5, 5.41) is 21.4. The number of carbonyl (C=O) groups excluding carboxylic acids is 1. The minimum atomic E-state index is -0.130. The fraction of sp³-hybridized carbons (Fsp3) is 0.190. The highest BCUT2D eigenvalue weighted by Gasteiger charge is 2.25. The number of aromatic nitrogens is 6. The van der Waals surface area contributed by atoms with Gasteiger partial charge < -0.3 is 5.32 Å². The number of aromatic amines is 1. The number of H-pyrrole nitrogens is 1. The van der Waals surface area contributed by atoms with E-state index in [0.29, 0.717) is 23.9 Å². The summed E-state index contributed by atoms with van der Waals surface area (Å²) in [5.41, 5.74) is 4.60. The molecule has 0 spiro atoms. The van der Waals surface area contributed by atoms with Crippen LogP contribution in [0.25, 0.3) is 17.1 Å². The van der Waals surface area contributed by atoms with Crippen molar-refractivity contribution in [2.45, 2.75) is 25.3 Å². The van der Waals surface area contributed by atoms with Crippen LogP contribution in [-0.4, -0.2) is 36.3 Å². The van der Waals surface area contributed by atoms with Gasteiger partial charge in [0.1, 0.15) is 0 Å². The summed E-state index contributed by atoms with van der Waals surface area (Å²) in [6.07, 6.45) is 4.49. The van der Waals surface area contributed by atoms with Crippen LogP contribution in [-0.2, 0) is 6.54 Å². The van der Waals surface area contributed by atoms with E-state index in [9.17, 15) is 4.79 Å². The van der Waals surface area contributed by atoms with Gasteiger partial charge in [-0.15, -0.1) is 10.2 Å². The Kier molecular flexibility index (Phi) is 4.36. The van der Waals surface area contributed by atoms with Crippen molar-refractivity contribution in [1.82, 2.24) is 35.7 Å². The summed E-state index contributed by atoms with van der Waals surface area (Å²) in [5.74, 6) is 1.01. The maximum Gasteiger partial charge on any atom is 0.251 e. The lowest BCUT2D eigenvalue weighted by Gasteiger charge is -2.07. The summed E-state index contributed by atoms with van der Waals surface area (Å²) < 4.78 is 1.90. The van der Waals surface area contributed by atoms with Crippen LogP contribution >= 0.6 is 0 Å². The van der Waals surface area contributed by atoms with Crippen LogP contribution in [0.4, 0.5) is 0 Å². The van der Waals surface area contributed by atoms with E-state index >= 15 is 0 Å². The highest BCUT2D eigenvalue weighted by molar-refractivity contribution is 5.94. The molecule has 2 aromatic heterocycles. The molecule has 0 bridgehead atoms. The molecule has 1 fully saturated rings. The molecule has 8 nitrogen and oxygen atoms in total. The molecule has 8 heteroatoms. The molecular formula is C21H19N7O. The van der Waals surface area contributed by atoms with E-state index in [1.165, 1.54) is 18.5 Å². The predicted octanol–water partition coefficient (Wildman–Crippen LogP) is 2.86. The molecule has 1 aliphatic rings. The Labute approximate surface area is 167 Å². The van der Waals surface area contributed by atoms with E-state index in [1.807, 2.05) is 35.1 Å². The zero-order valence-corrected chi connectivity index (χ0v) is 15.6. The molecule has 0 aliphatic heterocycles. The van der Waals surface area contributed by atoms with Gasteiger partial charge in [-0.3, -0.25) is 4.79 Å². The first-order valence-corrected chi connectivity index (χ1v) is 9.53. The third-order valence-corrected chi connectivity index (χ3v) is 5.01. The number of carbonyl (C=O) groups is 1. The van der Waals surface area contributed by atoms with Crippen LogP contribution in [0.5, 0.6) is 0 Å². The summed E-state index contributed by atoms with van der Waals surface area (Å²) in [6.45, 7) is 0.456. The van der Waals surface area contributed by atoms with Gasteiger partial charge in [-0.25, -0.2) is 4.68 Å². The third kappa shape index (κ3) is 3.77. The summed E-state index contributed by atoms with van der Waals surface area (Å²) in [7, 11) is 0. The minimum absolute atomic E-state index is 0.130. The molecule has 2 aromatic carbocycles. The molecule has 2 N–H and O–H groups in total. The van der Waals surface area contributed by atoms with Gasteiger partial charge in [0.2, 0.25) is 5.82 Å². The number of benzene rings is 2. The second-order valence-electron chi connectivity index (χ2n) is 7.12. The number of amides is 1. The first kappa shape index (κ1) is 17.3. The van der Waals surface area contributed by atoms with Gasteiger partial charge in [0.15, 0.2) is 0 Å². The van der Waals surface area contributed by atoms with Crippen molar-refractivity contribution >= 4 is 5.91 Å². The molecule has 144 valence electrons. The predicted molar refractivity (Wildman–Crippen MR) is 106 cm³/mol. The molecule has 0 saturated heterocycles. The lowest BCUT2D eigenvalue weighted by Crippen LogP contribution is -2.22. The minimum Gasteiger partial charge on any atom is -0.348 e.